The molecule has 2 nitrogen and oxygen atoms in total. The van der Waals surface area contributed by atoms with Gasteiger partial charge in [0.15, 0.2) is 5.82 Å². The van der Waals surface area contributed by atoms with Crippen molar-refractivity contribution < 1.29 is 0 Å². The molecule has 0 bridgehead atoms. The van der Waals surface area contributed by atoms with Crippen LogP contribution in [0.1, 0.15) is 25.0 Å². The van der Waals surface area contributed by atoms with Crippen LogP contribution >= 0.6 is 0 Å². The lowest BCUT2D eigenvalue weighted by Gasteiger charge is -2.25. The minimum atomic E-state index is -0.165. The summed E-state index contributed by atoms with van der Waals surface area (Å²) in [4.78, 5) is 10.6. The number of nitrogens with zero attached hydrogens (tertiary/aromatic N) is 2. The molecule has 0 saturated heterocycles. The Bertz CT molecular complexity index is 3580. The van der Waals surface area contributed by atoms with E-state index >= 15 is 0 Å². The Morgan fingerprint density at radius 1 is 0.302 bits per heavy atom. The summed E-state index contributed by atoms with van der Waals surface area (Å²) < 4.78 is 0. The van der Waals surface area contributed by atoms with Crippen LogP contribution in [0.25, 0.3) is 111 Å². The molecule has 1 aromatic heterocycles. The van der Waals surface area contributed by atoms with Crippen molar-refractivity contribution in [3.63, 3.8) is 0 Å². The number of hydrogen-bond acceptors (Lipinski definition) is 2. The molecule has 0 atom stereocenters. The molecule has 11 aromatic rings. The molecule has 10 aromatic carbocycles. The van der Waals surface area contributed by atoms with Crippen molar-refractivity contribution in [2.24, 2.45) is 0 Å². The molecule has 1 heterocycles. The molecule has 12 rings (SSSR count). The highest BCUT2D eigenvalue weighted by Crippen LogP contribution is 2.54. The molecule has 0 unspecified atom stereocenters. The maximum absolute atomic E-state index is 5.31. The van der Waals surface area contributed by atoms with E-state index < -0.39 is 0 Å². The van der Waals surface area contributed by atoms with Gasteiger partial charge in [0, 0.05) is 22.1 Å². The first kappa shape index (κ1) is 36.9. The van der Waals surface area contributed by atoms with E-state index in [1.807, 2.05) is 6.07 Å². The smallest absolute Gasteiger partial charge is 0.160 e. The van der Waals surface area contributed by atoms with Crippen LogP contribution in [0.15, 0.2) is 218 Å². The molecule has 0 saturated carbocycles. The van der Waals surface area contributed by atoms with Crippen LogP contribution < -0.4 is 0 Å². The summed E-state index contributed by atoms with van der Waals surface area (Å²) in [6, 6.07) is 79.0. The average Bonchev–Trinajstić information content (AvgIpc) is 3.57. The van der Waals surface area contributed by atoms with Gasteiger partial charge in [0.1, 0.15) is 0 Å². The van der Waals surface area contributed by atoms with E-state index in [9.17, 15) is 0 Å². The summed E-state index contributed by atoms with van der Waals surface area (Å²) in [6.45, 7) is 4.79. The van der Waals surface area contributed by atoms with Crippen molar-refractivity contribution in [1.29, 1.82) is 0 Å². The second-order valence-electron chi connectivity index (χ2n) is 17.3. The minimum absolute atomic E-state index is 0.165. The highest BCUT2D eigenvalue weighted by atomic mass is 14.9. The van der Waals surface area contributed by atoms with E-state index in [1.54, 1.807) is 0 Å². The zero-order valence-corrected chi connectivity index (χ0v) is 35.2. The molecule has 296 valence electrons. The monoisotopic (exact) mass is 802 g/mol. The van der Waals surface area contributed by atoms with Crippen molar-refractivity contribution in [3.8, 4) is 78.4 Å². The van der Waals surface area contributed by atoms with E-state index in [-0.39, 0.29) is 5.41 Å². The third-order valence-corrected chi connectivity index (χ3v) is 13.3. The van der Waals surface area contributed by atoms with Crippen LogP contribution in [0.2, 0.25) is 0 Å². The fourth-order valence-electron chi connectivity index (χ4n) is 10.3. The molecule has 1 aliphatic carbocycles. The van der Waals surface area contributed by atoms with Gasteiger partial charge in [0.05, 0.1) is 11.4 Å². The Hall–Kier alpha value is -7.94. The molecular formula is C61H42N2. The Kier molecular flexibility index (Phi) is 8.55. The molecule has 1 aliphatic rings. The highest BCUT2D eigenvalue weighted by Gasteiger charge is 2.38. The van der Waals surface area contributed by atoms with Crippen LogP contribution in [-0.4, -0.2) is 9.97 Å². The van der Waals surface area contributed by atoms with Crippen LogP contribution in [0, 0.1) is 0 Å². The lowest BCUT2D eigenvalue weighted by Crippen LogP contribution is -2.16. The molecular weight excluding hydrogens is 761 g/mol. The van der Waals surface area contributed by atoms with Crippen molar-refractivity contribution in [1.82, 2.24) is 9.97 Å². The quantitative estimate of drug-likeness (QED) is 0.167. The normalized spacial score (nSPS) is 12.7. The van der Waals surface area contributed by atoms with Crippen molar-refractivity contribution in [3.05, 3.63) is 230 Å². The molecule has 0 spiro atoms. The SMILES string of the molecule is CC1(C)c2cc3ccccc3cc2-c2cccc(-c3ccc(-c4ccc(-c5cc(-c6ccccc6-c6ccccc6)nc(-c6ccccc6)n5)c5ccccc45)c4ccccc34)c21. The van der Waals surface area contributed by atoms with E-state index in [4.69, 9.17) is 9.97 Å². The van der Waals surface area contributed by atoms with Gasteiger partial charge in [0.25, 0.3) is 0 Å². The van der Waals surface area contributed by atoms with E-state index in [0.717, 1.165) is 44.6 Å². The van der Waals surface area contributed by atoms with Crippen molar-refractivity contribution >= 4 is 32.3 Å². The Morgan fingerprint density at radius 2 is 0.730 bits per heavy atom. The fraction of sp³-hybridized carbons (Fsp3) is 0.0492. The number of rotatable bonds is 6. The second-order valence-corrected chi connectivity index (χ2v) is 17.3. The lowest BCUT2D eigenvalue weighted by molar-refractivity contribution is 0.663. The number of benzene rings is 10. The zero-order chi connectivity index (χ0) is 42.1. The average molecular weight is 803 g/mol. The highest BCUT2D eigenvalue weighted by molar-refractivity contribution is 6.13. The van der Waals surface area contributed by atoms with Gasteiger partial charge in [-0.3, -0.25) is 0 Å². The van der Waals surface area contributed by atoms with E-state index in [2.05, 4.69) is 226 Å². The molecule has 0 radical (unpaired) electrons. The largest absolute Gasteiger partial charge is 0.228 e. The van der Waals surface area contributed by atoms with Gasteiger partial charge in [0.2, 0.25) is 0 Å². The number of hydrogen-bond donors (Lipinski definition) is 0. The Morgan fingerprint density at radius 3 is 1.35 bits per heavy atom. The molecule has 0 aliphatic heterocycles. The molecule has 0 fully saturated rings. The molecule has 63 heavy (non-hydrogen) atoms. The van der Waals surface area contributed by atoms with Gasteiger partial charge in [-0.15, -0.1) is 0 Å². The molecule has 0 N–H and O–H groups in total. The first-order valence-electron chi connectivity index (χ1n) is 21.8. The molecule has 2 heteroatoms. The zero-order valence-electron chi connectivity index (χ0n) is 35.2. The van der Waals surface area contributed by atoms with Gasteiger partial charge in [-0.25, -0.2) is 9.97 Å². The summed E-state index contributed by atoms with van der Waals surface area (Å²) in [5, 5.41) is 7.39. The van der Waals surface area contributed by atoms with Gasteiger partial charge in [-0.2, -0.15) is 0 Å². The van der Waals surface area contributed by atoms with Gasteiger partial charge in [-0.05, 0) is 106 Å². The summed E-state index contributed by atoms with van der Waals surface area (Å²) in [5.41, 5.74) is 17.5. The third-order valence-electron chi connectivity index (χ3n) is 13.3. The summed E-state index contributed by atoms with van der Waals surface area (Å²) in [7, 11) is 0. The van der Waals surface area contributed by atoms with Crippen LogP contribution in [0.3, 0.4) is 0 Å². The van der Waals surface area contributed by atoms with Gasteiger partial charge < -0.3 is 0 Å². The Balaban J connectivity index is 1.02. The number of fused-ring (bicyclic) bond motifs is 6. The van der Waals surface area contributed by atoms with Crippen molar-refractivity contribution in [2.45, 2.75) is 19.3 Å². The van der Waals surface area contributed by atoms with E-state index in [1.165, 1.54) is 71.4 Å². The predicted molar refractivity (Wildman–Crippen MR) is 265 cm³/mol. The first-order chi connectivity index (χ1) is 31.0. The maximum atomic E-state index is 5.31. The molecule has 0 amide bonds. The second kappa shape index (κ2) is 14.6. The summed E-state index contributed by atoms with van der Waals surface area (Å²) in [6.07, 6.45) is 0. The minimum Gasteiger partial charge on any atom is -0.228 e. The first-order valence-corrected chi connectivity index (χ1v) is 21.8. The lowest BCUT2D eigenvalue weighted by atomic mass is 9.77. The van der Waals surface area contributed by atoms with Gasteiger partial charge in [-0.1, -0.05) is 214 Å². The summed E-state index contributed by atoms with van der Waals surface area (Å²) in [5.74, 6) is 0.702. The maximum Gasteiger partial charge on any atom is 0.160 e. The van der Waals surface area contributed by atoms with Crippen LogP contribution in [-0.2, 0) is 5.41 Å². The topological polar surface area (TPSA) is 25.8 Å². The predicted octanol–water partition coefficient (Wildman–Crippen LogP) is 16.2. The van der Waals surface area contributed by atoms with Crippen molar-refractivity contribution in [2.75, 3.05) is 0 Å². The fourth-order valence-corrected chi connectivity index (χ4v) is 10.3. The third kappa shape index (κ3) is 6.02. The van der Waals surface area contributed by atoms with E-state index in [0.29, 0.717) is 5.82 Å². The van der Waals surface area contributed by atoms with Crippen LogP contribution in [0.4, 0.5) is 0 Å². The Labute approximate surface area is 367 Å². The summed E-state index contributed by atoms with van der Waals surface area (Å²) >= 11 is 0. The number of aromatic nitrogens is 2. The van der Waals surface area contributed by atoms with Gasteiger partial charge >= 0.3 is 0 Å². The standard InChI is InChI=1S/C61H42N2/c1-61(2)56-37-42-23-10-9-22-41(42)36-55(56)54-31-17-30-53(59(54)61)50-33-32-48(44-25-12-13-26-45(44)50)49-34-35-52(47-28-15-14-27-46(47)49)58-38-57(62-60(63-58)40-20-7-4-8-21-40)51-29-16-11-24-43(51)39-18-5-3-6-19-39/h3-38H,1-2H3. The van der Waals surface area contributed by atoms with Crippen LogP contribution in [0.5, 0.6) is 0 Å².